The van der Waals surface area contributed by atoms with E-state index < -0.39 is 5.82 Å². The van der Waals surface area contributed by atoms with Crippen LogP contribution in [0, 0.1) is 12.7 Å². The molecular formula is C16H15FN2OS. The Kier molecular flexibility index (Phi) is 4.65. The number of amides is 1. The predicted molar refractivity (Wildman–Crippen MR) is 86.0 cm³/mol. The number of carbonyl (C=O) groups is 1. The first-order chi connectivity index (χ1) is 9.95. The quantitative estimate of drug-likeness (QED) is 0.853. The van der Waals surface area contributed by atoms with E-state index >= 15 is 0 Å². The largest absolute Gasteiger partial charge is 0.393 e. The molecule has 5 heteroatoms. The van der Waals surface area contributed by atoms with Crippen LogP contribution in [0.5, 0.6) is 0 Å². The van der Waals surface area contributed by atoms with Gasteiger partial charge in [0.1, 0.15) is 5.82 Å². The number of hydrogen-bond acceptors (Lipinski definition) is 2. The minimum atomic E-state index is -0.394. The molecule has 0 saturated heterocycles. The van der Waals surface area contributed by atoms with Crippen molar-refractivity contribution < 1.29 is 9.18 Å². The van der Waals surface area contributed by atoms with E-state index in [0.717, 1.165) is 5.56 Å². The first kappa shape index (κ1) is 15.1. The zero-order chi connectivity index (χ0) is 15.4. The fraction of sp³-hybridized carbons (Fsp3) is 0.125. The molecule has 1 amide bonds. The number of nitrogens with two attached hydrogens (primary N) is 1. The van der Waals surface area contributed by atoms with Crippen molar-refractivity contribution >= 4 is 28.8 Å². The molecule has 0 unspecified atom stereocenters. The Labute approximate surface area is 128 Å². The number of hydrogen-bond donors (Lipinski definition) is 2. The van der Waals surface area contributed by atoms with Crippen molar-refractivity contribution in [1.82, 2.24) is 0 Å². The molecule has 0 bridgehead atoms. The molecule has 2 rings (SSSR count). The van der Waals surface area contributed by atoms with Gasteiger partial charge < -0.3 is 11.1 Å². The van der Waals surface area contributed by atoms with Crippen molar-refractivity contribution in [3.63, 3.8) is 0 Å². The van der Waals surface area contributed by atoms with E-state index in [2.05, 4.69) is 5.32 Å². The van der Waals surface area contributed by atoms with E-state index in [4.69, 9.17) is 18.0 Å². The second kappa shape index (κ2) is 6.45. The van der Waals surface area contributed by atoms with Crippen molar-refractivity contribution in [2.75, 3.05) is 5.32 Å². The number of benzene rings is 2. The Morgan fingerprint density at radius 2 is 1.90 bits per heavy atom. The summed E-state index contributed by atoms with van der Waals surface area (Å²) in [6, 6.07) is 11.6. The molecule has 0 aliphatic rings. The molecule has 0 saturated carbocycles. The van der Waals surface area contributed by atoms with Gasteiger partial charge in [0.25, 0.3) is 5.91 Å². The van der Waals surface area contributed by atoms with Crippen LogP contribution in [0.2, 0.25) is 0 Å². The minimum Gasteiger partial charge on any atom is -0.393 e. The Morgan fingerprint density at radius 1 is 1.24 bits per heavy atom. The fourth-order valence-electron chi connectivity index (χ4n) is 1.84. The van der Waals surface area contributed by atoms with Crippen LogP contribution in [0.3, 0.4) is 0 Å². The summed E-state index contributed by atoms with van der Waals surface area (Å²) in [6.45, 7) is 1.65. The van der Waals surface area contributed by atoms with Crippen molar-refractivity contribution in [3.05, 3.63) is 65.0 Å². The first-order valence-corrected chi connectivity index (χ1v) is 6.81. The Hall–Kier alpha value is -2.27. The summed E-state index contributed by atoms with van der Waals surface area (Å²) >= 11 is 4.84. The maximum atomic E-state index is 13.4. The van der Waals surface area contributed by atoms with E-state index in [1.807, 2.05) is 12.1 Å². The average Bonchev–Trinajstić information content (AvgIpc) is 2.43. The van der Waals surface area contributed by atoms with Crippen LogP contribution in [-0.4, -0.2) is 10.9 Å². The normalized spacial score (nSPS) is 10.2. The smallest absolute Gasteiger partial charge is 0.255 e. The van der Waals surface area contributed by atoms with Gasteiger partial charge in [0.05, 0.1) is 4.99 Å². The Morgan fingerprint density at radius 3 is 2.48 bits per heavy atom. The van der Waals surface area contributed by atoms with Gasteiger partial charge in [-0.3, -0.25) is 4.79 Å². The highest BCUT2D eigenvalue weighted by Crippen LogP contribution is 2.14. The van der Waals surface area contributed by atoms with Gasteiger partial charge >= 0.3 is 0 Å². The van der Waals surface area contributed by atoms with E-state index in [1.54, 1.807) is 31.2 Å². The van der Waals surface area contributed by atoms with Crippen LogP contribution >= 0.6 is 12.2 Å². The average molecular weight is 302 g/mol. The molecule has 0 aromatic heterocycles. The third-order valence-electron chi connectivity index (χ3n) is 3.02. The molecule has 21 heavy (non-hydrogen) atoms. The van der Waals surface area contributed by atoms with E-state index in [1.165, 1.54) is 6.07 Å². The summed E-state index contributed by atoms with van der Waals surface area (Å²) < 4.78 is 13.4. The highest BCUT2D eigenvalue weighted by molar-refractivity contribution is 7.80. The van der Waals surface area contributed by atoms with Crippen molar-refractivity contribution in [1.29, 1.82) is 0 Å². The zero-order valence-corrected chi connectivity index (χ0v) is 12.3. The van der Waals surface area contributed by atoms with Gasteiger partial charge in [-0.05, 0) is 42.3 Å². The van der Waals surface area contributed by atoms with Gasteiger partial charge in [0, 0.05) is 17.7 Å². The molecule has 2 aromatic carbocycles. The topological polar surface area (TPSA) is 55.1 Å². The summed E-state index contributed by atoms with van der Waals surface area (Å²) in [6.07, 6.45) is 0.521. The lowest BCUT2D eigenvalue weighted by Crippen LogP contribution is -2.13. The molecule has 0 atom stereocenters. The second-order valence-electron chi connectivity index (χ2n) is 4.76. The molecule has 0 aliphatic carbocycles. The van der Waals surface area contributed by atoms with E-state index in [-0.39, 0.29) is 11.5 Å². The highest BCUT2D eigenvalue weighted by Gasteiger charge is 2.08. The lowest BCUT2D eigenvalue weighted by molar-refractivity contribution is 0.102. The molecule has 0 heterocycles. The summed E-state index contributed by atoms with van der Waals surface area (Å²) in [5.41, 5.74) is 7.87. The summed E-state index contributed by atoms with van der Waals surface area (Å²) in [4.78, 5) is 12.4. The van der Waals surface area contributed by atoms with Gasteiger partial charge in [-0.25, -0.2) is 4.39 Å². The standard InChI is InChI=1S/C16H15FN2OS/c1-10-2-5-12(9-14(10)17)16(20)19-13-6-3-11(4-7-13)8-15(18)21/h2-7,9H,8H2,1H3,(H2,18,21)(H,19,20). The maximum absolute atomic E-state index is 13.4. The molecular weight excluding hydrogens is 287 g/mol. The zero-order valence-electron chi connectivity index (χ0n) is 11.5. The number of halogens is 1. The van der Waals surface area contributed by atoms with Gasteiger partial charge in [-0.1, -0.05) is 30.4 Å². The number of aryl methyl sites for hydroxylation is 1. The van der Waals surface area contributed by atoms with Gasteiger partial charge in [0.15, 0.2) is 0 Å². The Balaban J connectivity index is 2.08. The number of nitrogens with one attached hydrogen (secondary N) is 1. The molecule has 0 fully saturated rings. The van der Waals surface area contributed by atoms with Crippen molar-refractivity contribution in [3.8, 4) is 0 Å². The molecule has 2 aromatic rings. The van der Waals surface area contributed by atoms with Crippen molar-refractivity contribution in [2.24, 2.45) is 5.73 Å². The fourth-order valence-corrected chi connectivity index (χ4v) is 2.01. The predicted octanol–water partition coefficient (Wildman–Crippen LogP) is 3.22. The van der Waals surface area contributed by atoms with Crippen molar-refractivity contribution in [2.45, 2.75) is 13.3 Å². The summed E-state index contributed by atoms with van der Waals surface area (Å²) in [5.74, 6) is -0.745. The van der Waals surface area contributed by atoms with Crippen LogP contribution in [0.15, 0.2) is 42.5 Å². The first-order valence-electron chi connectivity index (χ1n) is 6.40. The highest BCUT2D eigenvalue weighted by atomic mass is 32.1. The molecule has 0 spiro atoms. The molecule has 3 nitrogen and oxygen atoms in total. The second-order valence-corrected chi connectivity index (χ2v) is 5.28. The third-order valence-corrected chi connectivity index (χ3v) is 3.17. The van der Waals surface area contributed by atoms with Crippen LogP contribution < -0.4 is 11.1 Å². The van der Waals surface area contributed by atoms with Crippen LogP contribution in [-0.2, 0) is 6.42 Å². The van der Waals surface area contributed by atoms with Gasteiger partial charge in [-0.2, -0.15) is 0 Å². The monoisotopic (exact) mass is 302 g/mol. The molecule has 108 valence electrons. The van der Waals surface area contributed by atoms with Crippen LogP contribution in [0.4, 0.5) is 10.1 Å². The molecule has 3 N–H and O–H groups in total. The number of carbonyl (C=O) groups excluding carboxylic acids is 1. The number of thiocarbonyl (C=S) groups is 1. The maximum Gasteiger partial charge on any atom is 0.255 e. The van der Waals surface area contributed by atoms with Crippen LogP contribution in [0.25, 0.3) is 0 Å². The third kappa shape index (κ3) is 4.10. The Bertz CT molecular complexity index is 683. The minimum absolute atomic E-state index is 0.283. The van der Waals surface area contributed by atoms with Gasteiger partial charge in [-0.15, -0.1) is 0 Å². The van der Waals surface area contributed by atoms with Gasteiger partial charge in [0.2, 0.25) is 0 Å². The molecule has 0 radical (unpaired) electrons. The lowest BCUT2D eigenvalue weighted by atomic mass is 10.1. The summed E-state index contributed by atoms with van der Waals surface area (Å²) in [5, 5.41) is 2.72. The lowest BCUT2D eigenvalue weighted by Gasteiger charge is -2.07. The number of anilines is 1. The van der Waals surface area contributed by atoms with E-state index in [9.17, 15) is 9.18 Å². The SMILES string of the molecule is Cc1ccc(C(=O)Nc2ccc(CC(N)=S)cc2)cc1F. The number of rotatable bonds is 4. The van der Waals surface area contributed by atoms with E-state index in [0.29, 0.717) is 22.7 Å². The van der Waals surface area contributed by atoms with Crippen LogP contribution in [0.1, 0.15) is 21.5 Å². The molecule has 0 aliphatic heterocycles. The summed E-state index contributed by atoms with van der Waals surface area (Å²) in [7, 11) is 0.